The fraction of sp³-hybridized carbons (Fsp3) is 0.688. The number of hydrogen-bond donors (Lipinski definition) is 1. The fourth-order valence-corrected chi connectivity index (χ4v) is 5.93. The van der Waals surface area contributed by atoms with E-state index < -0.39 is 47.7 Å². The summed E-state index contributed by atoms with van der Waals surface area (Å²) in [5.74, 6) is -1.07. The zero-order valence-corrected chi connectivity index (χ0v) is 26.4. The van der Waals surface area contributed by atoms with Crippen molar-refractivity contribution in [1.29, 1.82) is 0 Å². The molecule has 11 heteroatoms. The highest BCUT2D eigenvalue weighted by Gasteiger charge is 2.47. The SMILES string of the molecule is COC(=O)C1C[C@@H]2CN1C(=O)[C@H](C(C)(C)C)NC(=O)OCC(C)(C)CCCCCOCc1cccc3c1CN(C3)C(=O)O2. The van der Waals surface area contributed by atoms with Crippen LogP contribution >= 0.6 is 0 Å². The predicted molar refractivity (Wildman–Crippen MR) is 158 cm³/mol. The standard InChI is InChI=1S/C32H47N3O8/c1-31(2,3)26-27(36)35-17-23(15-25(35)28(37)40-6)43-30(39)34-16-21-11-10-12-22(24(21)18-34)19-41-14-9-7-8-13-32(4,5)20-42-29(38)33-26/h10-12,23,25-26H,7-9,13-20H2,1-6H3,(H,33,38)/t23-,25?,26-/m1/s1. The third kappa shape index (κ3) is 8.19. The average Bonchev–Trinajstić information content (AvgIpc) is 3.58. The van der Waals surface area contributed by atoms with E-state index in [0.29, 0.717) is 26.3 Å². The van der Waals surface area contributed by atoms with Crippen molar-refractivity contribution in [2.24, 2.45) is 10.8 Å². The molecule has 1 aromatic rings. The Bertz CT molecular complexity index is 1190. The molecule has 3 heterocycles. The lowest BCUT2D eigenvalue weighted by molar-refractivity contribution is -0.152. The summed E-state index contributed by atoms with van der Waals surface area (Å²) in [5, 5.41) is 2.75. The monoisotopic (exact) mass is 601 g/mol. The smallest absolute Gasteiger partial charge is 0.410 e. The largest absolute Gasteiger partial charge is 0.467 e. The third-order valence-electron chi connectivity index (χ3n) is 8.49. The van der Waals surface area contributed by atoms with E-state index in [-0.39, 0.29) is 25.0 Å². The number of esters is 1. The van der Waals surface area contributed by atoms with Crippen molar-refractivity contribution in [3.63, 3.8) is 0 Å². The summed E-state index contributed by atoms with van der Waals surface area (Å²) < 4.78 is 22.4. The van der Waals surface area contributed by atoms with Crippen LogP contribution in [0.4, 0.5) is 9.59 Å². The Labute approximate surface area is 254 Å². The highest BCUT2D eigenvalue weighted by atomic mass is 16.6. The molecule has 3 atom stereocenters. The van der Waals surface area contributed by atoms with E-state index in [2.05, 4.69) is 19.2 Å². The van der Waals surface area contributed by atoms with Crippen LogP contribution in [0.25, 0.3) is 0 Å². The number of fused-ring (bicyclic) bond motifs is 3. The molecule has 3 amide bonds. The molecule has 3 aliphatic rings. The molecule has 0 spiro atoms. The summed E-state index contributed by atoms with van der Waals surface area (Å²) in [4.78, 5) is 55.9. The van der Waals surface area contributed by atoms with E-state index >= 15 is 0 Å². The Morgan fingerprint density at radius 1 is 1.07 bits per heavy atom. The van der Waals surface area contributed by atoms with E-state index in [1.165, 1.54) is 12.0 Å². The molecule has 238 valence electrons. The molecular formula is C32H47N3O8. The number of rotatable bonds is 1. The van der Waals surface area contributed by atoms with Crippen molar-refractivity contribution >= 4 is 24.1 Å². The number of alkyl carbamates (subject to hydrolysis) is 1. The third-order valence-corrected chi connectivity index (χ3v) is 8.49. The number of methoxy groups -OCH3 is 1. The van der Waals surface area contributed by atoms with Crippen LogP contribution in [0.1, 0.15) is 83.4 Å². The number of carbonyl (C=O) groups is 4. The second-order valence-corrected chi connectivity index (χ2v) is 13.7. The summed E-state index contributed by atoms with van der Waals surface area (Å²) in [6.07, 6.45) is 1.91. The van der Waals surface area contributed by atoms with Gasteiger partial charge >= 0.3 is 18.2 Å². The lowest BCUT2D eigenvalue weighted by atomic mass is 9.85. The second-order valence-electron chi connectivity index (χ2n) is 13.7. The maximum atomic E-state index is 13.9. The van der Waals surface area contributed by atoms with Gasteiger partial charge in [0.2, 0.25) is 5.91 Å². The minimum atomic E-state index is -0.988. The van der Waals surface area contributed by atoms with Gasteiger partial charge in [0.25, 0.3) is 0 Å². The maximum Gasteiger partial charge on any atom is 0.410 e. The van der Waals surface area contributed by atoms with Crippen LogP contribution in [0.5, 0.6) is 0 Å². The minimum absolute atomic E-state index is 0.000553. The first-order chi connectivity index (χ1) is 20.3. The molecule has 1 unspecified atom stereocenters. The molecule has 0 saturated carbocycles. The molecular weight excluding hydrogens is 554 g/mol. The molecule has 11 nitrogen and oxygen atoms in total. The molecule has 1 fully saturated rings. The first-order valence-corrected chi connectivity index (χ1v) is 15.2. The van der Waals surface area contributed by atoms with Crippen molar-refractivity contribution < 1.29 is 38.1 Å². The van der Waals surface area contributed by atoms with Gasteiger partial charge in [-0.25, -0.2) is 14.4 Å². The normalized spacial score (nSPS) is 25.9. The molecule has 0 aromatic heterocycles. The maximum absolute atomic E-state index is 13.9. The van der Waals surface area contributed by atoms with E-state index in [4.69, 9.17) is 18.9 Å². The first-order valence-electron chi connectivity index (χ1n) is 15.2. The average molecular weight is 602 g/mol. The molecule has 4 rings (SSSR count). The number of ether oxygens (including phenoxy) is 4. The summed E-state index contributed by atoms with van der Waals surface area (Å²) in [6.45, 7) is 11.7. The second kappa shape index (κ2) is 13.5. The highest BCUT2D eigenvalue weighted by Crippen LogP contribution is 2.31. The number of amides is 3. The highest BCUT2D eigenvalue weighted by molar-refractivity contribution is 5.91. The Balaban J connectivity index is 1.57. The van der Waals surface area contributed by atoms with Crippen molar-refractivity contribution in [3.05, 3.63) is 34.9 Å². The molecule has 1 saturated heterocycles. The van der Waals surface area contributed by atoms with Crippen molar-refractivity contribution in [1.82, 2.24) is 15.1 Å². The zero-order valence-electron chi connectivity index (χ0n) is 26.4. The minimum Gasteiger partial charge on any atom is -0.467 e. The summed E-state index contributed by atoms with van der Waals surface area (Å²) in [7, 11) is 1.25. The topological polar surface area (TPSA) is 124 Å². The van der Waals surface area contributed by atoms with E-state index in [1.54, 1.807) is 4.90 Å². The fourth-order valence-electron chi connectivity index (χ4n) is 5.93. The molecule has 0 aliphatic carbocycles. The first kappa shape index (κ1) is 32.6. The van der Waals surface area contributed by atoms with Crippen LogP contribution in [-0.2, 0) is 48.2 Å². The van der Waals surface area contributed by atoms with Gasteiger partial charge in [0.1, 0.15) is 18.2 Å². The van der Waals surface area contributed by atoms with E-state index in [9.17, 15) is 19.2 Å². The zero-order chi connectivity index (χ0) is 31.4. The van der Waals surface area contributed by atoms with Gasteiger partial charge in [-0.15, -0.1) is 0 Å². The van der Waals surface area contributed by atoms with Gasteiger partial charge in [-0.3, -0.25) is 9.69 Å². The quantitative estimate of drug-likeness (QED) is 0.368. The van der Waals surface area contributed by atoms with Crippen molar-refractivity contribution in [3.8, 4) is 0 Å². The molecule has 1 aromatic carbocycles. The van der Waals surface area contributed by atoms with Gasteiger partial charge in [0.15, 0.2) is 0 Å². The number of cyclic esters (lactones) is 1. The lowest BCUT2D eigenvalue weighted by Crippen LogP contribution is -2.57. The number of benzene rings is 1. The van der Waals surface area contributed by atoms with Crippen LogP contribution in [0.3, 0.4) is 0 Å². The molecule has 0 radical (unpaired) electrons. The Kier molecular flexibility index (Phi) is 10.2. The van der Waals surface area contributed by atoms with Crippen LogP contribution < -0.4 is 5.32 Å². The number of nitrogens with one attached hydrogen (secondary N) is 1. The summed E-state index contributed by atoms with van der Waals surface area (Å²) in [6, 6.07) is 4.07. The van der Waals surface area contributed by atoms with E-state index in [0.717, 1.165) is 42.4 Å². The summed E-state index contributed by atoms with van der Waals surface area (Å²) >= 11 is 0. The van der Waals surface area contributed by atoms with Crippen LogP contribution in [0.15, 0.2) is 18.2 Å². The van der Waals surface area contributed by atoms with Gasteiger partial charge < -0.3 is 29.2 Å². The molecule has 43 heavy (non-hydrogen) atoms. The number of hydrogen-bond acceptors (Lipinski definition) is 8. The van der Waals surface area contributed by atoms with Crippen LogP contribution in [0.2, 0.25) is 0 Å². The van der Waals surface area contributed by atoms with Crippen molar-refractivity contribution in [2.75, 3.05) is 26.9 Å². The van der Waals surface area contributed by atoms with Crippen LogP contribution in [0, 0.1) is 10.8 Å². The van der Waals surface area contributed by atoms with Gasteiger partial charge in [-0.05, 0) is 40.4 Å². The Morgan fingerprint density at radius 2 is 1.81 bits per heavy atom. The molecule has 4 bridgehead atoms. The van der Waals surface area contributed by atoms with Gasteiger partial charge in [-0.2, -0.15) is 0 Å². The van der Waals surface area contributed by atoms with Gasteiger partial charge in [0.05, 0.1) is 33.4 Å². The molecule has 3 aliphatic heterocycles. The van der Waals surface area contributed by atoms with E-state index in [1.807, 2.05) is 39.0 Å². The predicted octanol–water partition coefficient (Wildman–Crippen LogP) is 4.54. The van der Waals surface area contributed by atoms with Crippen molar-refractivity contribution in [2.45, 2.75) is 105 Å². The van der Waals surface area contributed by atoms with Gasteiger partial charge in [-0.1, -0.05) is 65.7 Å². The van der Waals surface area contributed by atoms with Gasteiger partial charge in [0, 0.05) is 19.6 Å². The number of nitrogens with zero attached hydrogens (tertiary/aromatic N) is 2. The summed E-state index contributed by atoms with van der Waals surface area (Å²) in [5.41, 5.74) is 2.23. The lowest BCUT2D eigenvalue weighted by Gasteiger charge is -2.35. The molecule has 1 N–H and O–H groups in total. The van der Waals surface area contributed by atoms with Crippen LogP contribution in [-0.4, -0.2) is 78.9 Å². The Morgan fingerprint density at radius 3 is 2.53 bits per heavy atom. The Hall–Kier alpha value is -3.34. The number of carbonyl (C=O) groups excluding carboxylic acids is 4.